The zero-order valence-corrected chi connectivity index (χ0v) is 24.6. The molecule has 0 spiro atoms. The molecule has 2 aliphatic heterocycles. The molecule has 1 unspecified atom stereocenters. The highest BCUT2D eigenvalue weighted by Gasteiger charge is 2.50. The van der Waals surface area contributed by atoms with Gasteiger partial charge in [0.2, 0.25) is 5.91 Å². The van der Waals surface area contributed by atoms with Crippen LogP contribution in [0.3, 0.4) is 0 Å². The first-order chi connectivity index (χ1) is 22.8. The number of anilines is 2. The summed E-state index contributed by atoms with van der Waals surface area (Å²) in [4.78, 5) is 42.5. The summed E-state index contributed by atoms with van der Waals surface area (Å²) in [6.07, 6.45) is -7.29. The van der Waals surface area contributed by atoms with Crippen LogP contribution in [0.1, 0.15) is 22.4 Å². The number of rotatable bonds is 6. The van der Waals surface area contributed by atoms with Crippen molar-refractivity contribution in [3.8, 4) is 5.75 Å². The third kappa shape index (κ3) is 5.66. The largest absolute Gasteiger partial charge is 0.497 e. The molecule has 0 radical (unpaired) electrons. The highest BCUT2D eigenvalue weighted by Crippen LogP contribution is 2.46. The number of nitrogens with zero attached hydrogens (tertiary/aromatic N) is 4. The maximum absolute atomic E-state index is 14.6. The third-order valence-electron chi connectivity index (χ3n) is 7.76. The Balaban J connectivity index is 1.38. The molecule has 1 aromatic heterocycles. The number of benzene rings is 3. The summed E-state index contributed by atoms with van der Waals surface area (Å²) in [5.41, 5.74) is -0.608. The lowest BCUT2D eigenvalue weighted by Crippen LogP contribution is -2.54. The van der Waals surface area contributed by atoms with Crippen LogP contribution in [0.5, 0.6) is 5.75 Å². The van der Waals surface area contributed by atoms with Crippen LogP contribution in [0, 0.1) is 0 Å². The predicted molar refractivity (Wildman–Crippen MR) is 162 cm³/mol. The molecule has 1 atom stereocenters. The number of methoxy groups -OCH3 is 1. The van der Waals surface area contributed by atoms with E-state index in [-0.39, 0.29) is 39.4 Å². The van der Waals surface area contributed by atoms with Crippen molar-refractivity contribution < 1.29 is 45.5 Å². The molecule has 1 N–H and O–H groups in total. The van der Waals surface area contributed by atoms with E-state index >= 15 is 0 Å². The number of carbonyl (C=O) groups is 1. The first kappa shape index (κ1) is 32.1. The van der Waals surface area contributed by atoms with Gasteiger partial charge in [-0.2, -0.15) is 26.3 Å². The summed E-state index contributed by atoms with van der Waals surface area (Å²) < 4.78 is 88.4. The van der Waals surface area contributed by atoms with E-state index in [0.29, 0.717) is 33.5 Å². The average molecular weight is 666 g/mol. The molecule has 6 rings (SSSR count). The van der Waals surface area contributed by atoms with Crippen LogP contribution in [0.25, 0.3) is 22.2 Å². The van der Waals surface area contributed by atoms with Crippen LogP contribution in [0.4, 0.5) is 37.7 Å². The maximum atomic E-state index is 14.6. The fraction of sp³-hybridized carbons (Fsp3) is 0.152. The van der Waals surface area contributed by atoms with Gasteiger partial charge in [-0.05, 0) is 48.0 Å². The summed E-state index contributed by atoms with van der Waals surface area (Å²) in [5.74, 6) is 3.06. The molecule has 0 saturated carbocycles. The Morgan fingerprint density at radius 1 is 0.938 bits per heavy atom. The van der Waals surface area contributed by atoms with Crippen molar-refractivity contribution in [3.05, 3.63) is 108 Å². The second-order valence-corrected chi connectivity index (χ2v) is 10.6. The molecular weight excluding hydrogens is 644 g/mol. The van der Waals surface area contributed by atoms with Gasteiger partial charge in [0.25, 0.3) is 0 Å². The minimum absolute atomic E-state index is 0.0445. The SMILES string of the molecule is COc1ccc(CN2C(=C=O)c3cccc4c(N5C=CC(C(=O)Nc6ccnc(C(F)(F)F)c6)N5C(F)(F)F)ccc(c34)C2=C=O)cc1. The van der Waals surface area contributed by atoms with Crippen LogP contribution in [0.15, 0.2) is 85.2 Å². The van der Waals surface area contributed by atoms with E-state index < -0.39 is 35.8 Å². The molecule has 2 aliphatic rings. The Hall–Kier alpha value is -5.88. The number of nitrogens with one attached hydrogen (secondary N) is 1. The highest BCUT2D eigenvalue weighted by molar-refractivity contribution is 6.16. The van der Waals surface area contributed by atoms with Gasteiger partial charge in [-0.3, -0.25) is 14.8 Å². The van der Waals surface area contributed by atoms with E-state index in [2.05, 4.69) is 10.3 Å². The molecule has 1 amide bonds. The average Bonchev–Trinajstić information content (AvgIpc) is 3.52. The fourth-order valence-electron chi connectivity index (χ4n) is 5.68. The Morgan fingerprint density at radius 2 is 1.62 bits per heavy atom. The second-order valence-electron chi connectivity index (χ2n) is 10.6. The molecule has 244 valence electrons. The van der Waals surface area contributed by atoms with E-state index in [1.54, 1.807) is 30.3 Å². The number of carbonyl (C=O) groups excluding carboxylic acids is 3. The van der Waals surface area contributed by atoms with Gasteiger partial charge in [0.1, 0.15) is 28.9 Å². The van der Waals surface area contributed by atoms with Crippen molar-refractivity contribution in [1.82, 2.24) is 14.9 Å². The lowest BCUT2D eigenvalue weighted by molar-refractivity contribution is -0.250. The van der Waals surface area contributed by atoms with Gasteiger partial charge in [0.15, 0.2) is 11.9 Å². The Bertz CT molecular complexity index is 2030. The molecular formula is C33H21F6N5O4. The molecule has 48 heavy (non-hydrogen) atoms. The Labute approximate surface area is 267 Å². The molecule has 0 fully saturated rings. The predicted octanol–water partition coefficient (Wildman–Crippen LogP) is 6.20. The van der Waals surface area contributed by atoms with Gasteiger partial charge < -0.3 is 15.0 Å². The minimum Gasteiger partial charge on any atom is -0.497 e. The minimum atomic E-state index is -5.16. The number of pyridine rings is 1. The number of amides is 1. The topological polar surface area (TPSA) is 95.1 Å². The lowest BCUT2D eigenvalue weighted by Gasteiger charge is -2.36. The molecule has 4 aromatic rings. The molecule has 15 heteroatoms. The number of aromatic nitrogens is 1. The molecule has 0 saturated heterocycles. The van der Waals surface area contributed by atoms with Crippen molar-refractivity contribution in [3.63, 3.8) is 0 Å². The van der Waals surface area contributed by atoms with Gasteiger partial charge in [0, 0.05) is 46.5 Å². The van der Waals surface area contributed by atoms with Crippen molar-refractivity contribution in [2.24, 2.45) is 0 Å². The van der Waals surface area contributed by atoms with E-state index in [1.165, 1.54) is 36.3 Å². The van der Waals surface area contributed by atoms with E-state index in [4.69, 9.17) is 4.74 Å². The summed E-state index contributed by atoms with van der Waals surface area (Å²) in [7, 11) is 1.51. The summed E-state index contributed by atoms with van der Waals surface area (Å²) in [5, 5.41) is 3.06. The van der Waals surface area contributed by atoms with Crippen molar-refractivity contribution >= 4 is 51.3 Å². The maximum Gasteiger partial charge on any atom is 0.478 e. The molecule has 3 heterocycles. The first-order valence-corrected chi connectivity index (χ1v) is 14.0. The molecule has 9 nitrogen and oxygen atoms in total. The van der Waals surface area contributed by atoms with Crippen LogP contribution in [-0.4, -0.2) is 52.1 Å². The normalized spacial score (nSPS) is 16.3. The standard InChI is InChI=1S/C33H21F6N5O4/c1-48-21-7-5-19(6-8-21)16-42-27(17-45)23-4-2-3-22-25(10-9-24(30(22)23)28(42)18-46)43-14-12-26(44(43)33(37,38)39)31(47)41-20-11-13-40-29(15-20)32(34,35)36/h2-15,26H,16H2,1H3,(H,40,41,47). The van der Waals surface area contributed by atoms with E-state index in [1.807, 2.05) is 11.9 Å². The summed E-state index contributed by atoms with van der Waals surface area (Å²) in [6, 6.07) is 13.7. The fourth-order valence-corrected chi connectivity index (χ4v) is 5.68. The number of halogens is 6. The smallest absolute Gasteiger partial charge is 0.478 e. The summed E-state index contributed by atoms with van der Waals surface area (Å²) >= 11 is 0. The van der Waals surface area contributed by atoms with Crippen LogP contribution in [-0.2, 0) is 27.1 Å². The summed E-state index contributed by atoms with van der Waals surface area (Å²) in [6.45, 7) is 0.0617. The number of hydrogen-bond acceptors (Lipinski definition) is 8. The first-order valence-electron chi connectivity index (χ1n) is 14.0. The second kappa shape index (κ2) is 12.0. The Morgan fingerprint density at radius 3 is 2.25 bits per heavy atom. The molecule has 0 aliphatic carbocycles. The number of ether oxygens (including phenoxy) is 1. The number of alkyl halides is 6. The zero-order valence-electron chi connectivity index (χ0n) is 24.6. The molecule has 0 bridgehead atoms. The van der Waals surface area contributed by atoms with Crippen molar-refractivity contribution in [2.75, 3.05) is 17.4 Å². The van der Waals surface area contributed by atoms with Crippen molar-refractivity contribution in [1.29, 1.82) is 0 Å². The van der Waals surface area contributed by atoms with Crippen molar-refractivity contribution in [2.45, 2.75) is 25.1 Å². The lowest BCUT2D eigenvalue weighted by atomic mass is 9.90. The van der Waals surface area contributed by atoms with Gasteiger partial charge in [-0.1, -0.05) is 30.3 Å². The van der Waals surface area contributed by atoms with Gasteiger partial charge in [0.05, 0.1) is 12.8 Å². The van der Waals surface area contributed by atoms with Gasteiger partial charge in [-0.15, -0.1) is 5.01 Å². The van der Waals surface area contributed by atoms with Gasteiger partial charge in [-0.25, -0.2) is 9.59 Å². The van der Waals surface area contributed by atoms with Crippen LogP contribution < -0.4 is 15.1 Å². The molecule has 3 aromatic carbocycles. The van der Waals surface area contributed by atoms with Crippen LogP contribution >= 0.6 is 0 Å². The third-order valence-corrected chi connectivity index (χ3v) is 7.76. The number of hydrazine groups is 1. The van der Waals surface area contributed by atoms with E-state index in [0.717, 1.165) is 24.5 Å². The quantitative estimate of drug-likeness (QED) is 0.148. The number of hydrogen-bond donors (Lipinski definition) is 1. The van der Waals surface area contributed by atoms with Crippen LogP contribution in [0.2, 0.25) is 0 Å². The van der Waals surface area contributed by atoms with E-state index in [9.17, 15) is 40.7 Å². The monoisotopic (exact) mass is 665 g/mol. The highest BCUT2D eigenvalue weighted by atomic mass is 19.4. The van der Waals surface area contributed by atoms with Gasteiger partial charge >= 0.3 is 12.5 Å². The Kier molecular flexibility index (Phi) is 8.05. The zero-order chi connectivity index (χ0) is 34.4.